The monoisotopic (exact) mass is 350 g/mol. The molecule has 0 radical (unpaired) electrons. The van der Waals surface area contributed by atoms with Crippen molar-refractivity contribution in [2.24, 2.45) is 5.92 Å². The smallest absolute Gasteiger partial charge is 0.226 e. The van der Waals surface area contributed by atoms with Gasteiger partial charge in [0.25, 0.3) is 0 Å². The molecule has 0 N–H and O–H groups in total. The summed E-state index contributed by atoms with van der Waals surface area (Å²) in [6.45, 7) is 4.26. The lowest BCUT2D eigenvalue weighted by atomic mass is 9.93. The first-order chi connectivity index (χ1) is 12.7. The molecule has 0 spiro atoms. The van der Waals surface area contributed by atoms with Crippen molar-refractivity contribution in [3.8, 4) is 0 Å². The first kappa shape index (κ1) is 18.7. The fraction of sp³-hybridized carbons (Fsp3) is 0.435. The summed E-state index contributed by atoms with van der Waals surface area (Å²) in [5.41, 5.74) is 2.50. The average Bonchev–Trinajstić information content (AvgIpc) is 2.69. The lowest BCUT2D eigenvalue weighted by Gasteiger charge is -2.32. The van der Waals surface area contributed by atoms with Crippen molar-refractivity contribution in [1.29, 1.82) is 0 Å². The summed E-state index contributed by atoms with van der Waals surface area (Å²) in [6, 6.07) is 20.7. The Kier molecular flexibility index (Phi) is 6.84. The molecule has 1 fully saturated rings. The van der Waals surface area contributed by atoms with Crippen molar-refractivity contribution in [1.82, 2.24) is 9.80 Å². The van der Waals surface area contributed by atoms with Gasteiger partial charge in [-0.2, -0.15) is 0 Å². The van der Waals surface area contributed by atoms with Crippen LogP contribution in [0.4, 0.5) is 0 Å². The molecule has 0 bridgehead atoms. The van der Waals surface area contributed by atoms with Gasteiger partial charge in [0, 0.05) is 20.1 Å². The molecule has 1 aliphatic heterocycles. The van der Waals surface area contributed by atoms with E-state index in [2.05, 4.69) is 35.2 Å². The number of rotatable bonds is 7. The van der Waals surface area contributed by atoms with E-state index in [1.165, 1.54) is 31.5 Å². The van der Waals surface area contributed by atoms with Crippen molar-refractivity contribution in [3.63, 3.8) is 0 Å². The molecule has 2 aromatic rings. The fourth-order valence-corrected chi connectivity index (χ4v) is 3.68. The number of piperidine rings is 1. The summed E-state index contributed by atoms with van der Waals surface area (Å²) in [5.74, 6) is 0.965. The number of likely N-dealkylation sites (tertiary alicyclic amines) is 1. The summed E-state index contributed by atoms with van der Waals surface area (Å²) in [4.78, 5) is 16.8. The van der Waals surface area contributed by atoms with Gasteiger partial charge in [0.2, 0.25) is 5.91 Å². The number of benzene rings is 2. The average molecular weight is 351 g/mol. The molecular formula is C23H30N2O. The third kappa shape index (κ3) is 5.70. The minimum atomic E-state index is 0.220. The third-order valence-electron chi connectivity index (χ3n) is 5.45. The van der Waals surface area contributed by atoms with E-state index >= 15 is 0 Å². The third-order valence-corrected chi connectivity index (χ3v) is 5.45. The molecule has 1 aliphatic rings. The van der Waals surface area contributed by atoms with Crippen molar-refractivity contribution in [2.45, 2.75) is 32.2 Å². The van der Waals surface area contributed by atoms with E-state index in [0.29, 0.717) is 6.42 Å². The van der Waals surface area contributed by atoms with Gasteiger partial charge in [-0.15, -0.1) is 0 Å². The van der Waals surface area contributed by atoms with Crippen LogP contribution in [0.25, 0.3) is 0 Å². The van der Waals surface area contributed by atoms with Crippen LogP contribution in [-0.4, -0.2) is 42.4 Å². The summed E-state index contributed by atoms with van der Waals surface area (Å²) < 4.78 is 0. The van der Waals surface area contributed by atoms with Gasteiger partial charge in [-0.25, -0.2) is 0 Å². The van der Waals surface area contributed by atoms with Crippen LogP contribution >= 0.6 is 0 Å². The van der Waals surface area contributed by atoms with Crippen LogP contribution < -0.4 is 0 Å². The molecule has 0 saturated carbocycles. The molecule has 0 atom stereocenters. The standard InChI is InChI=1S/C23H30N2O/c1-24(23(26)18-21-8-4-2-5-9-21)15-12-20-13-16-25(17-14-20)19-22-10-6-3-7-11-22/h2-11,20H,12-19H2,1H3. The lowest BCUT2D eigenvalue weighted by Crippen LogP contribution is -2.35. The van der Waals surface area contributed by atoms with E-state index in [0.717, 1.165) is 31.0 Å². The van der Waals surface area contributed by atoms with E-state index < -0.39 is 0 Å². The van der Waals surface area contributed by atoms with Gasteiger partial charge in [0.1, 0.15) is 0 Å². The van der Waals surface area contributed by atoms with Crippen LogP contribution in [0.5, 0.6) is 0 Å². The number of carbonyl (C=O) groups excluding carboxylic acids is 1. The number of carbonyl (C=O) groups is 1. The lowest BCUT2D eigenvalue weighted by molar-refractivity contribution is -0.129. The van der Waals surface area contributed by atoms with Crippen molar-refractivity contribution in [2.75, 3.05) is 26.7 Å². The van der Waals surface area contributed by atoms with Crippen LogP contribution in [0.1, 0.15) is 30.4 Å². The largest absolute Gasteiger partial charge is 0.345 e. The molecule has 3 nitrogen and oxygen atoms in total. The Labute approximate surface area is 157 Å². The normalized spacial score (nSPS) is 15.7. The van der Waals surface area contributed by atoms with Gasteiger partial charge < -0.3 is 4.90 Å². The van der Waals surface area contributed by atoms with Crippen LogP contribution in [0.15, 0.2) is 60.7 Å². The Morgan fingerprint density at radius 3 is 2.15 bits per heavy atom. The minimum Gasteiger partial charge on any atom is -0.345 e. The molecular weight excluding hydrogens is 320 g/mol. The summed E-state index contributed by atoms with van der Waals surface area (Å²) in [7, 11) is 1.94. The van der Waals surface area contributed by atoms with Gasteiger partial charge in [-0.3, -0.25) is 9.69 Å². The molecule has 26 heavy (non-hydrogen) atoms. The van der Waals surface area contributed by atoms with Crippen LogP contribution in [0.2, 0.25) is 0 Å². The second-order valence-corrected chi connectivity index (χ2v) is 7.47. The van der Waals surface area contributed by atoms with E-state index in [-0.39, 0.29) is 5.91 Å². The van der Waals surface area contributed by atoms with Gasteiger partial charge in [0.05, 0.1) is 6.42 Å². The number of nitrogens with zero attached hydrogens (tertiary/aromatic N) is 2. The molecule has 0 unspecified atom stereocenters. The van der Waals surface area contributed by atoms with Crippen LogP contribution in [-0.2, 0) is 17.8 Å². The summed E-state index contributed by atoms with van der Waals surface area (Å²) in [6.07, 6.45) is 4.12. The Balaban J connectivity index is 1.36. The first-order valence-corrected chi connectivity index (χ1v) is 9.75. The number of hydrogen-bond donors (Lipinski definition) is 0. The van der Waals surface area contributed by atoms with Crippen molar-refractivity contribution in [3.05, 3.63) is 71.8 Å². The molecule has 0 aromatic heterocycles. The fourth-order valence-electron chi connectivity index (χ4n) is 3.68. The maximum Gasteiger partial charge on any atom is 0.226 e. The maximum atomic E-state index is 12.4. The highest BCUT2D eigenvalue weighted by molar-refractivity contribution is 5.78. The van der Waals surface area contributed by atoms with Gasteiger partial charge in [0.15, 0.2) is 0 Å². The van der Waals surface area contributed by atoms with Crippen molar-refractivity contribution < 1.29 is 4.79 Å². The molecule has 0 aliphatic carbocycles. The topological polar surface area (TPSA) is 23.6 Å². The van der Waals surface area contributed by atoms with E-state index in [1.54, 1.807) is 0 Å². The zero-order valence-electron chi connectivity index (χ0n) is 15.8. The number of amides is 1. The molecule has 3 heteroatoms. The molecule has 1 amide bonds. The summed E-state index contributed by atoms with van der Waals surface area (Å²) in [5, 5.41) is 0. The Morgan fingerprint density at radius 2 is 1.54 bits per heavy atom. The van der Waals surface area contributed by atoms with E-state index in [1.807, 2.05) is 42.3 Å². The van der Waals surface area contributed by atoms with Crippen LogP contribution in [0.3, 0.4) is 0 Å². The zero-order chi connectivity index (χ0) is 18.2. The highest BCUT2D eigenvalue weighted by atomic mass is 16.2. The minimum absolute atomic E-state index is 0.220. The Hall–Kier alpha value is -2.13. The molecule has 2 aromatic carbocycles. The number of hydrogen-bond acceptors (Lipinski definition) is 2. The quantitative estimate of drug-likeness (QED) is 0.754. The Morgan fingerprint density at radius 1 is 0.962 bits per heavy atom. The SMILES string of the molecule is CN(CCC1CCN(Cc2ccccc2)CC1)C(=O)Cc1ccccc1. The second-order valence-electron chi connectivity index (χ2n) is 7.47. The first-order valence-electron chi connectivity index (χ1n) is 9.75. The number of likely N-dealkylation sites (N-methyl/N-ethyl adjacent to an activating group) is 1. The summed E-state index contributed by atoms with van der Waals surface area (Å²) >= 11 is 0. The predicted octanol–water partition coefficient (Wildman–Crippen LogP) is 3.99. The van der Waals surface area contributed by atoms with Gasteiger partial charge >= 0.3 is 0 Å². The van der Waals surface area contributed by atoms with Gasteiger partial charge in [-0.1, -0.05) is 60.7 Å². The molecule has 138 valence electrons. The molecule has 1 saturated heterocycles. The van der Waals surface area contributed by atoms with Crippen molar-refractivity contribution >= 4 is 5.91 Å². The van der Waals surface area contributed by atoms with E-state index in [9.17, 15) is 4.79 Å². The van der Waals surface area contributed by atoms with Gasteiger partial charge in [-0.05, 0) is 49.4 Å². The second kappa shape index (κ2) is 9.54. The highest BCUT2D eigenvalue weighted by Crippen LogP contribution is 2.22. The van der Waals surface area contributed by atoms with Crippen LogP contribution in [0, 0.1) is 5.92 Å². The molecule has 1 heterocycles. The Bertz CT molecular complexity index is 663. The maximum absolute atomic E-state index is 12.4. The molecule has 3 rings (SSSR count). The highest BCUT2D eigenvalue weighted by Gasteiger charge is 2.20. The zero-order valence-corrected chi connectivity index (χ0v) is 15.8. The predicted molar refractivity (Wildman–Crippen MR) is 107 cm³/mol. The van der Waals surface area contributed by atoms with E-state index in [4.69, 9.17) is 0 Å².